The second kappa shape index (κ2) is 10.7. The van der Waals surface area contributed by atoms with E-state index in [0.29, 0.717) is 17.1 Å². The van der Waals surface area contributed by atoms with Crippen LogP contribution in [-0.4, -0.2) is 17.6 Å². The first kappa shape index (κ1) is 23.3. The molecule has 0 N–H and O–H groups in total. The summed E-state index contributed by atoms with van der Waals surface area (Å²) in [6.07, 6.45) is 0.178. The molecule has 0 aliphatic heterocycles. The van der Waals surface area contributed by atoms with Crippen molar-refractivity contribution in [2.24, 2.45) is 0 Å². The molecule has 0 unspecified atom stereocenters. The molecular weight excluding hydrogens is 396 g/mol. The van der Waals surface area contributed by atoms with Gasteiger partial charge in [0.2, 0.25) is 0 Å². The highest BCUT2D eigenvalue weighted by Crippen LogP contribution is 2.35. The molecule has 5 heteroatoms. The Kier molecular flexibility index (Phi) is 8.26. The molecule has 156 valence electrons. The summed E-state index contributed by atoms with van der Waals surface area (Å²) < 4.78 is 7.11. The Morgan fingerprint density at radius 2 is 1.77 bits per heavy atom. The molecule has 3 rings (SSSR count). The highest BCUT2D eigenvalue weighted by Gasteiger charge is 2.22. The Hall–Kier alpha value is -3.03. The van der Waals surface area contributed by atoms with Crippen LogP contribution in [0.25, 0.3) is 11.1 Å². The number of rotatable bonds is 5. The van der Waals surface area contributed by atoms with Gasteiger partial charge in [-0.15, -0.1) is 0 Å². The van der Waals surface area contributed by atoms with Crippen molar-refractivity contribution in [2.45, 2.75) is 40.7 Å². The first-order chi connectivity index (χ1) is 14.5. The van der Waals surface area contributed by atoms with Gasteiger partial charge in [0.15, 0.2) is 0 Å². The van der Waals surface area contributed by atoms with Crippen LogP contribution < -0.4 is 0 Å². The fourth-order valence-electron chi connectivity index (χ4n) is 3.53. The summed E-state index contributed by atoms with van der Waals surface area (Å²) in [4.78, 5) is 12.1. The van der Waals surface area contributed by atoms with Crippen LogP contribution in [0.3, 0.4) is 0 Å². The van der Waals surface area contributed by atoms with Crippen LogP contribution in [0.5, 0.6) is 0 Å². The molecule has 0 aliphatic rings. The Labute approximate surface area is 183 Å². The summed E-state index contributed by atoms with van der Waals surface area (Å²) in [5, 5.41) is 9.55. The van der Waals surface area contributed by atoms with E-state index in [2.05, 4.69) is 22.8 Å². The van der Waals surface area contributed by atoms with E-state index in [-0.39, 0.29) is 12.4 Å². The minimum absolute atomic E-state index is 0.178. The monoisotopic (exact) mass is 422 g/mol. The second-order valence-electron chi connectivity index (χ2n) is 6.66. The lowest BCUT2D eigenvalue weighted by molar-refractivity contribution is -0.139. The lowest BCUT2D eigenvalue weighted by atomic mass is 9.97. The number of carbonyl (C=O) groups excluding carboxylic acids is 1. The molecule has 0 atom stereocenters. The standard InChI is InChI=1S/C23H21ClN2O2.C2H6/c1-15-20(12-22(27)28-3)23(18-9-10-19(13-25)21(24)11-18)16(2)26(15)14-17-7-5-4-6-8-17;1-2/h4-11H,12,14H2,1-3H3;1-2H3. The molecule has 0 amide bonds. The Balaban J connectivity index is 0.00000155. The van der Waals surface area contributed by atoms with Crippen molar-refractivity contribution in [2.75, 3.05) is 7.11 Å². The number of hydrogen-bond donors (Lipinski definition) is 0. The van der Waals surface area contributed by atoms with Crippen molar-refractivity contribution in [3.05, 3.63) is 81.6 Å². The normalized spacial score (nSPS) is 10.0. The van der Waals surface area contributed by atoms with Crippen molar-refractivity contribution in [1.82, 2.24) is 4.57 Å². The Bertz CT molecular complexity index is 1060. The summed E-state index contributed by atoms with van der Waals surface area (Å²) in [6.45, 7) is 8.76. The predicted molar refractivity (Wildman–Crippen MR) is 122 cm³/mol. The molecule has 0 spiro atoms. The number of nitriles is 1. The van der Waals surface area contributed by atoms with E-state index in [0.717, 1.165) is 28.1 Å². The van der Waals surface area contributed by atoms with Gasteiger partial charge >= 0.3 is 5.97 Å². The van der Waals surface area contributed by atoms with Gasteiger partial charge in [-0.2, -0.15) is 5.26 Å². The summed E-state index contributed by atoms with van der Waals surface area (Å²) in [5.41, 5.74) is 6.43. The maximum Gasteiger partial charge on any atom is 0.310 e. The molecule has 0 radical (unpaired) electrons. The number of carbonyl (C=O) groups is 1. The van der Waals surface area contributed by atoms with E-state index in [1.807, 2.05) is 52.0 Å². The third kappa shape index (κ3) is 4.93. The van der Waals surface area contributed by atoms with E-state index in [9.17, 15) is 4.79 Å². The van der Waals surface area contributed by atoms with Crippen LogP contribution in [0.15, 0.2) is 48.5 Å². The van der Waals surface area contributed by atoms with Gasteiger partial charge in [0.1, 0.15) is 6.07 Å². The van der Waals surface area contributed by atoms with Gasteiger partial charge in [-0.3, -0.25) is 4.79 Å². The minimum Gasteiger partial charge on any atom is -0.469 e. The SMILES string of the molecule is CC.COC(=O)Cc1c(-c2ccc(C#N)c(Cl)c2)c(C)n(Cc2ccccc2)c1C. The van der Waals surface area contributed by atoms with Crippen LogP contribution in [0.4, 0.5) is 0 Å². The molecule has 30 heavy (non-hydrogen) atoms. The van der Waals surface area contributed by atoms with Crippen molar-refractivity contribution in [3.63, 3.8) is 0 Å². The molecule has 3 aromatic rings. The summed E-state index contributed by atoms with van der Waals surface area (Å²) in [7, 11) is 1.39. The fourth-order valence-corrected chi connectivity index (χ4v) is 3.75. The topological polar surface area (TPSA) is 55.0 Å². The number of aromatic nitrogens is 1. The largest absolute Gasteiger partial charge is 0.469 e. The van der Waals surface area contributed by atoms with Crippen LogP contribution in [-0.2, 0) is 22.5 Å². The Morgan fingerprint density at radius 1 is 1.10 bits per heavy atom. The average Bonchev–Trinajstić information content (AvgIpc) is 3.00. The van der Waals surface area contributed by atoms with Crippen molar-refractivity contribution in [3.8, 4) is 17.2 Å². The molecule has 4 nitrogen and oxygen atoms in total. The molecule has 1 aromatic heterocycles. The summed E-state index contributed by atoms with van der Waals surface area (Å²) >= 11 is 6.27. The van der Waals surface area contributed by atoms with Gasteiger partial charge in [-0.1, -0.05) is 61.8 Å². The number of benzene rings is 2. The van der Waals surface area contributed by atoms with Crippen LogP contribution in [0.2, 0.25) is 5.02 Å². The highest BCUT2D eigenvalue weighted by atomic mass is 35.5. The molecule has 0 fully saturated rings. The van der Waals surface area contributed by atoms with E-state index in [1.165, 1.54) is 12.7 Å². The molecular formula is C25H27ClN2O2. The molecule has 0 saturated heterocycles. The van der Waals surface area contributed by atoms with Crippen LogP contribution >= 0.6 is 11.6 Å². The number of ether oxygens (including phenoxy) is 1. The minimum atomic E-state index is -0.291. The maximum absolute atomic E-state index is 12.1. The first-order valence-corrected chi connectivity index (χ1v) is 10.3. The number of nitrogens with zero attached hydrogens (tertiary/aromatic N) is 2. The van der Waals surface area contributed by atoms with Crippen molar-refractivity contribution < 1.29 is 9.53 Å². The zero-order chi connectivity index (χ0) is 22.3. The number of halogens is 1. The van der Waals surface area contributed by atoms with Crippen molar-refractivity contribution >= 4 is 17.6 Å². The lowest BCUT2D eigenvalue weighted by Gasteiger charge is -2.10. The van der Waals surface area contributed by atoms with Gasteiger partial charge < -0.3 is 9.30 Å². The second-order valence-corrected chi connectivity index (χ2v) is 7.06. The highest BCUT2D eigenvalue weighted by molar-refractivity contribution is 6.32. The molecule has 1 heterocycles. The average molecular weight is 423 g/mol. The van der Waals surface area contributed by atoms with Gasteiger partial charge in [0.25, 0.3) is 0 Å². The van der Waals surface area contributed by atoms with Crippen molar-refractivity contribution in [1.29, 1.82) is 5.26 Å². The van der Waals surface area contributed by atoms with Gasteiger partial charge in [0.05, 0.1) is 24.1 Å². The van der Waals surface area contributed by atoms with E-state index in [1.54, 1.807) is 12.1 Å². The molecule has 0 bridgehead atoms. The zero-order valence-electron chi connectivity index (χ0n) is 18.1. The quantitative estimate of drug-likeness (QED) is 0.467. The fraction of sp³-hybridized carbons (Fsp3) is 0.280. The van der Waals surface area contributed by atoms with Gasteiger partial charge in [0, 0.05) is 23.5 Å². The third-order valence-corrected chi connectivity index (χ3v) is 5.33. The smallest absolute Gasteiger partial charge is 0.310 e. The first-order valence-electron chi connectivity index (χ1n) is 9.95. The molecule has 0 aliphatic carbocycles. The van der Waals surface area contributed by atoms with Crippen LogP contribution in [0.1, 0.15) is 41.9 Å². The van der Waals surface area contributed by atoms with E-state index < -0.39 is 0 Å². The van der Waals surface area contributed by atoms with Gasteiger partial charge in [-0.05, 0) is 42.7 Å². The lowest BCUT2D eigenvalue weighted by Crippen LogP contribution is -2.07. The Morgan fingerprint density at radius 3 is 2.33 bits per heavy atom. The molecule has 0 saturated carbocycles. The maximum atomic E-state index is 12.1. The zero-order valence-corrected chi connectivity index (χ0v) is 18.9. The number of methoxy groups -OCH3 is 1. The summed E-state index contributed by atoms with van der Waals surface area (Å²) in [6, 6.07) is 17.6. The number of esters is 1. The van der Waals surface area contributed by atoms with Gasteiger partial charge in [-0.25, -0.2) is 0 Å². The van der Waals surface area contributed by atoms with E-state index in [4.69, 9.17) is 21.6 Å². The van der Waals surface area contributed by atoms with E-state index >= 15 is 0 Å². The number of hydrogen-bond acceptors (Lipinski definition) is 3. The predicted octanol–water partition coefficient (Wildman–Crippen LogP) is 6.09. The third-order valence-electron chi connectivity index (χ3n) is 5.02. The summed E-state index contributed by atoms with van der Waals surface area (Å²) in [5.74, 6) is -0.291. The van der Waals surface area contributed by atoms with Crippen LogP contribution in [0, 0.1) is 25.2 Å². The molecule has 2 aromatic carbocycles.